The van der Waals surface area contributed by atoms with Gasteiger partial charge >= 0.3 is 0 Å². The topological polar surface area (TPSA) is 38.7 Å². The van der Waals surface area contributed by atoms with Crippen LogP contribution >= 0.6 is 0 Å². The third-order valence-corrected chi connectivity index (χ3v) is 0.987. The largest absolute Gasteiger partial charge is 0.366 e. The van der Waals surface area contributed by atoms with Crippen LogP contribution < -0.4 is 0 Å². The van der Waals surface area contributed by atoms with Gasteiger partial charge in [0.1, 0.15) is 0 Å². The van der Waals surface area contributed by atoms with E-state index >= 15 is 0 Å². The molecule has 0 unspecified atom stereocenters. The molecule has 10 heavy (non-hydrogen) atoms. The quantitative estimate of drug-likeness (QED) is 0.609. The van der Waals surface area contributed by atoms with Gasteiger partial charge < -0.3 is 14.6 Å². The van der Waals surface area contributed by atoms with Crippen molar-refractivity contribution in [3.05, 3.63) is 0 Å². The van der Waals surface area contributed by atoms with Crippen molar-refractivity contribution in [3.8, 4) is 0 Å². The second-order valence-electron chi connectivity index (χ2n) is 3.15. The van der Waals surface area contributed by atoms with E-state index in [2.05, 4.69) is 0 Å². The molecule has 0 fully saturated rings. The van der Waals surface area contributed by atoms with Crippen LogP contribution in [0.4, 0.5) is 0 Å². The lowest BCUT2D eigenvalue weighted by Gasteiger charge is -2.30. The molecule has 62 valence electrons. The second kappa shape index (κ2) is 2.86. The lowest BCUT2D eigenvalue weighted by atomic mass is 10.3. The van der Waals surface area contributed by atoms with Gasteiger partial charge in [-0.05, 0) is 27.7 Å². The number of aliphatic hydroxyl groups is 1. The monoisotopic (exact) mass is 148 g/mol. The van der Waals surface area contributed by atoms with Crippen LogP contribution in [0, 0.1) is 0 Å². The van der Waals surface area contributed by atoms with Crippen LogP contribution in [0.25, 0.3) is 0 Å². The highest BCUT2D eigenvalue weighted by atomic mass is 16.7. The van der Waals surface area contributed by atoms with Crippen LogP contribution in [0.3, 0.4) is 0 Å². The number of methoxy groups -OCH3 is 1. The van der Waals surface area contributed by atoms with E-state index in [0.717, 1.165) is 0 Å². The van der Waals surface area contributed by atoms with Crippen molar-refractivity contribution < 1.29 is 14.6 Å². The molecule has 0 aliphatic carbocycles. The molecule has 0 amide bonds. The number of hydrogen-bond donors (Lipinski definition) is 1. The summed E-state index contributed by atoms with van der Waals surface area (Å²) >= 11 is 0. The van der Waals surface area contributed by atoms with Gasteiger partial charge in [0.05, 0.1) is 0 Å². The van der Waals surface area contributed by atoms with E-state index in [1.165, 1.54) is 7.11 Å². The predicted molar refractivity (Wildman–Crippen MR) is 38.5 cm³/mol. The molecule has 3 nitrogen and oxygen atoms in total. The van der Waals surface area contributed by atoms with E-state index in [1.54, 1.807) is 27.7 Å². The molecule has 0 saturated heterocycles. The van der Waals surface area contributed by atoms with Crippen molar-refractivity contribution in [1.82, 2.24) is 0 Å². The number of ether oxygens (including phenoxy) is 2. The van der Waals surface area contributed by atoms with Crippen LogP contribution in [0.15, 0.2) is 0 Å². The maximum atomic E-state index is 9.18. The lowest BCUT2D eigenvalue weighted by Crippen LogP contribution is -2.37. The zero-order valence-electron chi connectivity index (χ0n) is 7.26. The molecule has 0 saturated carbocycles. The van der Waals surface area contributed by atoms with Crippen molar-refractivity contribution in [2.24, 2.45) is 0 Å². The molecule has 0 aliphatic rings. The first-order valence-electron chi connectivity index (χ1n) is 3.24. The zero-order valence-corrected chi connectivity index (χ0v) is 7.26. The first-order valence-corrected chi connectivity index (χ1v) is 3.24. The summed E-state index contributed by atoms with van der Waals surface area (Å²) in [7, 11) is 1.53. The molecule has 0 heterocycles. The average Bonchev–Trinajstić information content (AvgIpc) is 1.60. The van der Waals surface area contributed by atoms with E-state index in [0.29, 0.717) is 0 Å². The van der Waals surface area contributed by atoms with Crippen LogP contribution in [0.1, 0.15) is 27.7 Å². The number of rotatable bonds is 3. The Morgan fingerprint density at radius 3 is 1.60 bits per heavy atom. The van der Waals surface area contributed by atoms with Crippen LogP contribution in [0.5, 0.6) is 0 Å². The molecule has 0 aliphatic heterocycles. The van der Waals surface area contributed by atoms with Crippen molar-refractivity contribution in [2.45, 2.75) is 39.3 Å². The molecular formula is C7H16O3. The summed E-state index contributed by atoms with van der Waals surface area (Å²) in [5.41, 5.74) is 0. The minimum Gasteiger partial charge on any atom is -0.366 e. The van der Waals surface area contributed by atoms with Crippen LogP contribution in [-0.4, -0.2) is 23.8 Å². The Morgan fingerprint density at radius 2 is 1.50 bits per heavy atom. The Labute approximate surface area is 62.0 Å². The van der Waals surface area contributed by atoms with Gasteiger partial charge in [-0.1, -0.05) is 0 Å². The highest BCUT2D eigenvalue weighted by molar-refractivity contribution is 4.58. The standard InChI is InChI=1S/C7H16O3/c1-6(2,8)10-7(3,4)9-5/h8H,1-5H3. The fraction of sp³-hybridized carbons (Fsp3) is 1.00. The van der Waals surface area contributed by atoms with Crippen molar-refractivity contribution in [2.75, 3.05) is 7.11 Å². The summed E-state index contributed by atoms with van der Waals surface area (Å²) in [5, 5.41) is 9.18. The average molecular weight is 148 g/mol. The molecule has 0 radical (unpaired) electrons. The first-order chi connectivity index (χ1) is 4.27. The van der Waals surface area contributed by atoms with E-state index in [-0.39, 0.29) is 0 Å². The molecule has 0 aromatic heterocycles. The van der Waals surface area contributed by atoms with Gasteiger partial charge in [0.2, 0.25) is 0 Å². The Morgan fingerprint density at radius 1 is 1.10 bits per heavy atom. The molecule has 0 rings (SSSR count). The van der Waals surface area contributed by atoms with Gasteiger partial charge in [0.25, 0.3) is 0 Å². The summed E-state index contributed by atoms with van der Waals surface area (Å²) in [6.45, 7) is 6.61. The normalized spacial score (nSPS) is 13.8. The van der Waals surface area contributed by atoms with Gasteiger partial charge in [-0.2, -0.15) is 0 Å². The Bertz CT molecular complexity index is 102. The predicted octanol–water partition coefficient (Wildman–Crippen LogP) is 1.11. The SMILES string of the molecule is COC(C)(C)OC(C)(C)O. The van der Waals surface area contributed by atoms with Crippen LogP contribution in [0.2, 0.25) is 0 Å². The molecule has 0 bridgehead atoms. The maximum Gasteiger partial charge on any atom is 0.165 e. The van der Waals surface area contributed by atoms with Gasteiger partial charge in [0, 0.05) is 7.11 Å². The molecule has 3 heteroatoms. The van der Waals surface area contributed by atoms with E-state index < -0.39 is 11.6 Å². The van der Waals surface area contributed by atoms with Crippen molar-refractivity contribution in [1.29, 1.82) is 0 Å². The van der Waals surface area contributed by atoms with Gasteiger partial charge in [0.15, 0.2) is 11.6 Å². The lowest BCUT2D eigenvalue weighted by molar-refractivity contribution is -0.312. The van der Waals surface area contributed by atoms with E-state index in [1.807, 2.05) is 0 Å². The fourth-order valence-corrected chi connectivity index (χ4v) is 0.643. The Hall–Kier alpha value is -0.120. The number of hydrogen-bond acceptors (Lipinski definition) is 3. The van der Waals surface area contributed by atoms with E-state index in [4.69, 9.17) is 9.47 Å². The van der Waals surface area contributed by atoms with Crippen LogP contribution in [-0.2, 0) is 9.47 Å². The summed E-state index contributed by atoms with van der Waals surface area (Å²) in [6, 6.07) is 0. The highest BCUT2D eigenvalue weighted by Crippen LogP contribution is 2.17. The summed E-state index contributed by atoms with van der Waals surface area (Å²) < 4.78 is 10.0. The summed E-state index contributed by atoms with van der Waals surface area (Å²) in [4.78, 5) is 0. The molecule has 0 spiro atoms. The molecule has 1 N–H and O–H groups in total. The molecule has 0 aromatic rings. The molecule has 0 atom stereocenters. The highest BCUT2D eigenvalue weighted by Gasteiger charge is 2.26. The fourth-order valence-electron chi connectivity index (χ4n) is 0.643. The van der Waals surface area contributed by atoms with Gasteiger partial charge in [-0.25, -0.2) is 0 Å². The zero-order chi connectivity index (χ0) is 8.41. The van der Waals surface area contributed by atoms with Crippen molar-refractivity contribution in [3.63, 3.8) is 0 Å². The summed E-state index contributed by atoms with van der Waals surface area (Å²) in [6.07, 6.45) is 0. The van der Waals surface area contributed by atoms with E-state index in [9.17, 15) is 5.11 Å². The third-order valence-electron chi connectivity index (χ3n) is 0.987. The first kappa shape index (κ1) is 9.88. The van der Waals surface area contributed by atoms with Crippen molar-refractivity contribution >= 4 is 0 Å². The minimum atomic E-state index is -1.14. The third kappa shape index (κ3) is 4.73. The molecule has 0 aromatic carbocycles. The molecular weight excluding hydrogens is 132 g/mol. The minimum absolute atomic E-state index is 0.724. The Balaban J connectivity index is 3.89. The Kier molecular flexibility index (Phi) is 2.83. The van der Waals surface area contributed by atoms with Gasteiger partial charge in [-0.15, -0.1) is 0 Å². The second-order valence-corrected chi connectivity index (χ2v) is 3.15. The smallest absolute Gasteiger partial charge is 0.165 e. The maximum absolute atomic E-state index is 9.18. The summed E-state index contributed by atoms with van der Waals surface area (Å²) in [5.74, 6) is -1.86. The van der Waals surface area contributed by atoms with Gasteiger partial charge in [-0.3, -0.25) is 0 Å².